The monoisotopic (exact) mass is 456 g/mol. The highest BCUT2D eigenvalue weighted by Gasteiger charge is 2.15. The molecule has 0 aliphatic heterocycles. The molecule has 23 heavy (non-hydrogen) atoms. The van der Waals surface area contributed by atoms with Crippen LogP contribution in [0.1, 0.15) is 110 Å². The minimum atomic E-state index is -0.504. The van der Waals surface area contributed by atoms with Gasteiger partial charge in [0.05, 0.1) is 6.16 Å². The van der Waals surface area contributed by atoms with Crippen LogP contribution in [0.2, 0.25) is 0 Å². The highest BCUT2D eigenvalue weighted by Crippen LogP contribution is 2.47. The van der Waals surface area contributed by atoms with Crippen LogP contribution in [0.15, 0.2) is 0 Å². The highest BCUT2D eigenvalue weighted by atomic mass is 127. The van der Waals surface area contributed by atoms with Crippen LogP contribution in [0, 0.1) is 0 Å². The lowest BCUT2D eigenvalue weighted by Crippen LogP contribution is -3.00. The highest BCUT2D eigenvalue weighted by molar-refractivity contribution is 7.73. The second-order valence-electron chi connectivity index (χ2n) is 8.32. The number of halogens is 1. The third-order valence-electron chi connectivity index (χ3n) is 4.68. The van der Waals surface area contributed by atoms with Crippen LogP contribution < -0.4 is 24.0 Å². The van der Waals surface area contributed by atoms with E-state index in [4.69, 9.17) is 0 Å². The fourth-order valence-electron chi connectivity index (χ4n) is 3.13. The molecule has 0 aromatic carbocycles. The largest absolute Gasteiger partial charge is 1.00 e. The summed E-state index contributed by atoms with van der Waals surface area (Å²) in [4.78, 5) is 0. The van der Waals surface area contributed by atoms with Gasteiger partial charge in [-0.2, -0.15) is 0 Å². The van der Waals surface area contributed by atoms with Crippen LogP contribution in [-0.4, -0.2) is 26.2 Å². The van der Waals surface area contributed by atoms with Gasteiger partial charge in [0.2, 0.25) is 0 Å². The average Bonchev–Trinajstić information content (AvgIpc) is 2.45. The maximum absolute atomic E-state index is 2.47. The van der Waals surface area contributed by atoms with Gasteiger partial charge < -0.3 is 24.0 Å². The molecule has 0 radical (unpaired) electrons. The topological polar surface area (TPSA) is 0 Å². The number of hydrogen-bond acceptors (Lipinski definition) is 0. The van der Waals surface area contributed by atoms with E-state index >= 15 is 0 Å². The lowest BCUT2D eigenvalue weighted by molar-refractivity contribution is -0.00000521. The zero-order chi connectivity index (χ0) is 16.5. The summed E-state index contributed by atoms with van der Waals surface area (Å²) in [6.07, 6.45) is 25.1. The first-order valence-corrected chi connectivity index (χ1v) is 13.7. The summed E-state index contributed by atoms with van der Waals surface area (Å²) in [6, 6.07) is 0. The van der Waals surface area contributed by atoms with Crippen molar-refractivity contribution in [2.45, 2.75) is 110 Å². The van der Waals surface area contributed by atoms with Gasteiger partial charge in [-0.05, 0) is 12.8 Å². The van der Waals surface area contributed by atoms with E-state index in [1.165, 1.54) is 109 Å². The standard InChI is InChI=1S/C21H46P.HI/c1-5-6-7-8-9-10-11-12-13-14-15-16-17-18-19-20-21-22(2,3)4;/h5-21H2,1-4H3;1H/q+1;/p-1. The van der Waals surface area contributed by atoms with Gasteiger partial charge in [-0.3, -0.25) is 0 Å². The third kappa shape index (κ3) is 25.5. The Morgan fingerprint density at radius 2 is 0.696 bits per heavy atom. The summed E-state index contributed by atoms with van der Waals surface area (Å²) in [5, 5.41) is 0. The van der Waals surface area contributed by atoms with E-state index in [-0.39, 0.29) is 24.0 Å². The Morgan fingerprint density at radius 1 is 0.435 bits per heavy atom. The molecule has 0 rings (SSSR count). The van der Waals surface area contributed by atoms with Gasteiger partial charge in [-0.15, -0.1) is 0 Å². The molecule has 142 valence electrons. The predicted octanol–water partition coefficient (Wildman–Crippen LogP) is 5.16. The molecule has 0 saturated carbocycles. The molecule has 0 aliphatic rings. The van der Waals surface area contributed by atoms with Crippen LogP contribution in [0.4, 0.5) is 0 Å². The van der Waals surface area contributed by atoms with E-state index in [9.17, 15) is 0 Å². The predicted molar refractivity (Wildman–Crippen MR) is 109 cm³/mol. The van der Waals surface area contributed by atoms with Crippen molar-refractivity contribution >= 4 is 7.26 Å². The van der Waals surface area contributed by atoms with Crippen LogP contribution in [0.5, 0.6) is 0 Å². The van der Waals surface area contributed by atoms with Gasteiger partial charge in [-0.1, -0.05) is 96.8 Å². The second kappa shape index (κ2) is 19.5. The van der Waals surface area contributed by atoms with Gasteiger partial charge in [0.1, 0.15) is 0 Å². The Bertz CT molecular complexity index is 210. The van der Waals surface area contributed by atoms with Gasteiger partial charge in [0.15, 0.2) is 0 Å². The van der Waals surface area contributed by atoms with Crippen molar-refractivity contribution in [1.29, 1.82) is 0 Å². The minimum Gasteiger partial charge on any atom is -1.00 e. The summed E-state index contributed by atoms with van der Waals surface area (Å²) >= 11 is 0. The van der Waals surface area contributed by atoms with E-state index in [2.05, 4.69) is 26.9 Å². The van der Waals surface area contributed by atoms with Crippen LogP contribution in [0.25, 0.3) is 0 Å². The van der Waals surface area contributed by atoms with Gasteiger partial charge in [0, 0.05) is 27.3 Å². The Hall–Kier alpha value is 1.16. The summed E-state index contributed by atoms with van der Waals surface area (Å²) in [5.41, 5.74) is 0. The lowest BCUT2D eigenvalue weighted by Gasteiger charge is -2.10. The number of hydrogen-bond donors (Lipinski definition) is 0. The first kappa shape index (κ1) is 26.4. The molecule has 0 fully saturated rings. The molecule has 0 bridgehead atoms. The van der Waals surface area contributed by atoms with Gasteiger partial charge in [0.25, 0.3) is 0 Å². The lowest BCUT2D eigenvalue weighted by atomic mass is 10.0. The third-order valence-corrected chi connectivity index (χ3v) is 6.34. The molecule has 0 saturated heterocycles. The Balaban J connectivity index is 0. The van der Waals surface area contributed by atoms with E-state index in [1.54, 1.807) is 0 Å². The van der Waals surface area contributed by atoms with Crippen molar-refractivity contribution < 1.29 is 24.0 Å². The maximum atomic E-state index is 2.47. The summed E-state index contributed by atoms with van der Waals surface area (Å²) in [6.45, 7) is 9.71. The first-order valence-electron chi connectivity index (χ1n) is 10.4. The van der Waals surface area contributed by atoms with Gasteiger partial charge in [-0.25, -0.2) is 0 Å². The van der Waals surface area contributed by atoms with E-state index < -0.39 is 7.26 Å². The van der Waals surface area contributed by atoms with Crippen molar-refractivity contribution in [1.82, 2.24) is 0 Å². The van der Waals surface area contributed by atoms with E-state index in [0.717, 1.165) is 0 Å². The molecule has 0 heterocycles. The smallest absolute Gasteiger partial charge is 0.0586 e. The molecule has 2 heteroatoms. The Labute approximate surface area is 166 Å². The molecule has 0 spiro atoms. The number of rotatable bonds is 17. The molecule has 0 aromatic heterocycles. The van der Waals surface area contributed by atoms with Crippen LogP contribution in [0.3, 0.4) is 0 Å². The first-order chi connectivity index (χ1) is 10.6. The fraction of sp³-hybridized carbons (Fsp3) is 1.00. The Kier molecular flexibility index (Phi) is 22.4. The normalized spacial score (nSPS) is 11.5. The molecule has 0 amide bonds. The van der Waals surface area contributed by atoms with E-state index in [1.807, 2.05) is 0 Å². The molecule has 0 N–H and O–H groups in total. The van der Waals surface area contributed by atoms with Crippen molar-refractivity contribution in [3.05, 3.63) is 0 Å². The average molecular weight is 456 g/mol. The molecule has 0 aromatic rings. The molecule has 0 unspecified atom stereocenters. The van der Waals surface area contributed by atoms with Crippen LogP contribution in [-0.2, 0) is 0 Å². The minimum absolute atomic E-state index is 0. The van der Waals surface area contributed by atoms with Crippen LogP contribution >= 0.6 is 7.26 Å². The van der Waals surface area contributed by atoms with Crippen molar-refractivity contribution in [3.8, 4) is 0 Å². The molecule has 0 atom stereocenters. The van der Waals surface area contributed by atoms with E-state index in [0.29, 0.717) is 0 Å². The Morgan fingerprint density at radius 3 is 0.957 bits per heavy atom. The fourth-order valence-corrected chi connectivity index (χ4v) is 4.31. The van der Waals surface area contributed by atoms with Gasteiger partial charge >= 0.3 is 0 Å². The zero-order valence-electron chi connectivity index (χ0n) is 16.8. The van der Waals surface area contributed by atoms with Crippen molar-refractivity contribution in [2.24, 2.45) is 0 Å². The second-order valence-corrected chi connectivity index (χ2v) is 13.3. The SMILES string of the molecule is CCCCCCCCCCCCCCCCCC[P+](C)(C)C.[I-]. The molecule has 0 nitrogen and oxygen atoms in total. The summed E-state index contributed by atoms with van der Waals surface area (Å²) in [5.74, 6) is 0. The molecule has 0 aliphatic carbocycles. The van der Waals surface area contributed by atoms with Crippen molar-refractivity contribution in [3.63, 3.8) is 0 Å². The maximum Gasteiger partial charge on any atom is 0.0586 e. The molecular formula is C21H46IP. The molecular weight excluding hydrogens is 410 g/mol. The quantitative estimate of drug-likeness (QED) is 0.161. The summed E-state index contributed by atoms with van der Waals surface area (Å²) in [7, 11) is -0.504. The zero-order valence-corrected chi connectivity index (χ0v) is 19.9. The number of unbranched alkanes of at least 4 members (excludes halogenated alkanes) is 15. The van der Waals surface area contributed by atoms with Crippen molar-refractivity contribution in [2.75, 3.05) is 26.2 Å². The summed E-state index contributed by atoms with van der Waals surface area (Å²) < 4.78 is 0.